The number of hydrogen-bond acceptors (Lipinski definition) is 4. The molecule has 0 fully saturated rings. The smallest absolute Gasteiger partial charge is 0.258 e. The number of anilines is 1. The lowest BCUT2D eigenvalue weighted by atomic mass is 9.87. The molecule has 0 saturated heterocycles. The molecule has 118 valence electrons. The molecule has 0 atom stereocenters. The summed E-state index contributed by atoms with van der Waals surface area (Å²) in [6.45, 7) is 8.31. The van der Waals surface area contributed by atoms with Gasteiger partial charge in [0.1, 0.15) is 0 Å². The molecule has 0 radical (unpaired) electrons. The molecular weight excluding hydrogens is 290 g/mol. The summed E-state index contributed by atoms with van der Waals surface area (Å²) in [7, 11) is 0. The Bertz CT molecular complexity index is 859. The van der Waals surface area contributed by atoms with E-state index in [-0.39, 0.29) is 17.3 Å². The van der Waals surface area contributed by atoms with Gasteiger partial charge < -0.3 is 0 Å². The van der Waals surface area contributed by atoms with Gasteiger partial charge in [0.2, 0.25) is 0 Å². The standard InChI is InChI=1S/C17H19N5O/c1-11-9-10-18-16-20-15(21-22(11)16)19-14(23)12-5-7-13(8-6-12)17(2,3)4/h5-10H,1-4H3,(H,19,21,23). The number of carbonyl (C=O) groups excluding carboxylic acids is 1. The maximum absolute atomic E-state index is 12.3. The minimum atomic E-state index is -0.237. The number of benzene rings is 1. The first-order valence-corrected chi connectivity index (χ1v) is 7.45. The highest BCUT2D eigenvalue weighted by Crippen LogP contribution is 2.22. The lowest BCUT2D eigenvalue weighted by Crippen LogP contribution is -2.15. The van der Waals surface area contributed by atoms with Gasteiger partial charge in [-0.25, -0.2) is 4.98 Å². The first-order chi connectivity index (χ1) is 10.8. The minimum Gasteiger partial charge on any atom is -0.289 e. The topological polar surface area (TPSA) is 72.2 Å². The Morgan fingerprint density at radius 3 is 2.43 bits per heavy atom. The third-order valence-corrected chi connectivity index (χ3v) is 3.67. The van der Waals surface area contributed by atoms with Gasteiger partial charge in [0.15, 0.2) is 0 Å². The molecule has 0 aliphatic carbocycles. The number of carbonyl (C=O) groups is 1. The van der Waals surface area contributed by atoms with Gasteiger partial charge in [-0.15, -0.1) is 5.10 Å². The van der Waals surface area contributed by atoms with Crippen LogP contribution in [-0.2, 0) is 5.41 Å². The molecule has 0 saturated carbocycles. The van der Waals surface area contributed by atoms with E-state index >= 15 is 0 Å². The molecule has 0 spiro atoms. The van der Waals surface area contributed by atoms with Crippen molar-refractivity contribution in [2.45, 2.75) is 33.1 Å². The Hall–Kier alpha value is -2.76. The second-order valence-electron chi connectivity index (χ2n) is 6.51. The van der Waals surface area contributed by atoms with E-state index in [0.29, 0.717) is 11.3 Å². The zero-order chi connectivity index (χ0) is 16.6. The predicted molar refractivity (Wildman–Crippen MR) is 88.6 cm³/mol. The highest BCUT2D eigenvalue weighted by molar-refractivity contribution is 6.03. The molecule has 6 nitrogen and oxygen atoms in total. The van der Waals surface area contributed by atoms with Crippen LogP contribution in [0.5, 0.6) is 0 Å². The third kappa shape index (κ3) is 3.06. The summed E-state index contributed by atoms with van der Waals surface area (Å²) in [5.41, 5.74) is 2.71. The second-order valence-corrected chi connectivity index (χ2v) is 6.51. The molecule has 1 N–H and O–H groups in total. The van der Waals surface area contributed by atoms with Crippen molar-refractivity contribution in [3.63, 3.8) is 0 Å². The Morgan fingerprint density at radius 2 is 1.83 bits per heavy atom. The van der Waals surface area contributed by atoms with E-state index in [4.69, 9.17) is 0 Å². The van der Waals surface area contributed by atoms with Crippen LogP contribution in [0.25, 0.3) is 5.78 Å². The van der Waals surface area contributed by atoms with Gasteiger partial charge in [0, 0.05) is 17.5 Å². The van der Waals surface area contributed by atoms with Gasteiger partial charge in [-0.05, 0) is 36.1 Å². The van der Waals surface area contributed by atoms with Crippen LogP contribution in [-0.4, -0.2) is 25.5 Å². The number of nitrogens with zero attached hydrogens (tertiary/aromatic N) is 4. The van der Waals surface area contributed by atoms with E-state index in [2.05, 4.69) is 41.2 Å². The van der Waals surface area contributed by atoms with E-state index in [1.165, 1.54) is 5.56 Å². The number of amides is 1. The van der Waals surface area contributed by atoms with Crippen LogP contribution in [0.1, 0.15) is 42.4 Å². The highest BCUT2D eigenvalue weighted by atomic mass is 16.1. The summed E-state index contributed by atoms with van der Waals surface area (Å²) in [5, 5.41) is 6.96. The lowest BCUT2D eigenvalue weighted by Gasteiger charge is -2.18. The van der Waals surface area contributed by atoms with E-state index in [9.17, 15) is 4.79 Å². The second kappa shape index (κ2) is 5.46. The molecule has 0 aliphatic rings. The van der Waals surface area contributed by atoms with Crippen LogP contribution in [0.3, 0.4) is 0 Å². The maximum atomic E-state index is 12.3. The molecular formula is C17H19N5O. The number of aromatic nitrogens is 4. The molecule has 23 heavy (non-hydrogen) atoms. The summed E-state index contributed by atoms with van der Waals surface area (Å²) >= 11 is 0. The number of rotatable bonds is 2. The third-order valence-electron chi connectivity index (χ3n) is 3.67. The van der Waals surface area contributed by atoms with Crippen molar-refractivity contribution in [2.24, 2.45) is 0 Å². The SMILES string of the molecule is Cc1ccnc2nc(NC(=O)c3ccc(C(C)(C)C)cc3)nn12. The van der Waals surface area contributed by atoms with Crippen molar-refractivity contribution in [3.05, 3.63) is 53.3 Å². The Kier molecular flexibility index (Phi) is 3.60. The number of aryl methyl sites for hydroxylation is 1. The summed E-state index contributed by atoms with van der Waals surface area (Å²) in [6, 6.07) is 9.40. The van der Waals surface area contributed by atoms with Gasteiger partial charge in [-0.2, -0.15) is 9.50 Å². The molecule has 2 heterocycles. The summed E-state index contributed by atoms with van der Waals surface area (Å²) in [6.07, 6.45) is 1.66. The van der Waals surface area contributed by atoms with Crippen LogP contribution >= 0.6 is 0 Å². The molecule has 3 aromatic rings. The van der Waals surface area contributed by atoms with Crippen molar-refractivity contribution in [2.75, 3.05) is 5.32 Å². The predicted octanol–water partition coefficient (Wildman–Crippen LogP) is 2.98. The van der Waals surface area contributed by atoms with Crippen LogP contribution in [0, 0.1) is 6.92 Å². The molecule has 3 rings (SSSR count). The Morgan fingerprint density at radius 1 is 1.13 bits per heavy atom. The molecule has 1 amide bonds. The fourth-order valence-corrected chi connectivity index (χ4v) is 2.25. The highest BCUT2D eigenvalue weighted by Gasteiger charge is 2.15. The molecule has 0 bridgehead atoms. The molecule has 0 aliphatic heterocycles. The largest absolute Gasteiger partial charge is 0.289 e. The first-order valence-electron chi connectivity index (χ1n) is 7.45. The maximum Gasteiger partial charge on any atom is 0.258 e. The fourth-order valence-electron chi connectivity index (χ4n) is 2.25. The zero-order valence-corrected chi connectivity index (χ0v) is 13.7. The van der Waals surface area contributed by atoms with Crippen LogP contribution in [0.15, 0.2) is 36.5 Å². The Labute approximate surface area is 134 Å². The Balaban J connectivity index is 1.81. The number of nitrogens with one attached hydrogen (secondary N) is 1. The van der Waals surface area contributed by atoms with Crippen molar-refractivity contribution >= 4 is 17.6 Å². The normalized spacial score (nSPS) is 11.7. The molecule has 1 aromatic carbocycles. The van der Waals surface area contributed by atoms with E-state index < -0.39 is 0 Å². The first kappa shape index (κ1) is 15.1. The monoisotopic (exact) mass is 309 g/mol. The van der Waals surface area contributed by atoms with Crippen LogP contribution < -0.4 is 5.32 Å². The van der Waals surface area contributed by atoms with Crippen LogP contribution in [0.4, 0.5) is 5.95 Å². The summed E-state index contributed by atoms with van der Waals surface area (Å²) in [5.74, 6) is 0.471. The fraction of sp³-hybridized carbons (Fsp3) is 0.294. The van der Waals surface area contributed by atoms with Gasteiger partial charge in [0.25, 0.3) is 17.6 Å². The summed E-state index contributed by atoms with van der Waals surface area (Å²) < 4.78 is 1.60. The summed E-state index contributed by atoms with van der Waals surface area (Å²) in [4.78, 5) is 20.6. The van der Waals surface area contributed by atoms with E-state index in [1.807, 2.05) is 37.3 Å². The van der Waals surface area contributed by atoms with Crippen molar-refractivity contribution in [1.82, 2.24) is 19.6 Å². The van der Waals surface area contributed by atoms with E-state index in [0.717, 1.165) is 5.69 Å². The van der Waals surface area contributed by atoms with Crippen molar-refractivity contribution in [1.29, 1.82) is 0 Å². The van der Waals surface area contributed by atoms with E-state index in [1.54, 1.807) is 10.7 Å². The molecule has 0 unspecified atom stereocenters. The quantitative estimate of drug-likeness (QED) is 0.790. The average molecular weight is 309 g/mol. The average Bonchev–Trinajstić information content (AvgIpc) is 2.90. The van der Waals surface area contributed by atoms with Crippen molar-refractivity contribution < 1.29 is 4.79 Å². The lowest BCUT2D eigenvalue weighted by molar-refractivity contribution is 0.102. The van der Waals surface area contributed by atoms with Gasteiger partial charge >= 0.3 is 0 Å². The minimum absolute atomic E-state index is 0.0569. The van der Waals surface area contributed by atoms with Gasteiger partial charge in [-0.1, -0.05) is 32.9 Å². The molecule has 6 heteroatoms. The van der Waals surface area contributed by atoms with Crippen molar-refractivity contribution in [3.8, 4) is 0 Å². The van der Waals surface area contributed by atoms with Gasteiger partial charge in [-0.3, -0.25) is 10.1 Å². The number of fused-ring (bicyclic) bond motifs is 1. The molecule has 2 aromatic heterocycles. The number of hydrogen-bond donors (Lipinski definition) is 1. The van der Waals surface area contributed by atoms with Gasteiger partial charge in [0.05, 0.1) is 0 Å². The van der Waals surface area contributed by atoms with Crippen LogP contribution in [0.2, 0.25) is 0 Å². The zero-order valence-electron chi connectivity index (χ0n) is 13.7.